The lowest BCUT2D eigenvalue weighted by atomic mass is 10.1. The maximum atomic E-state index is 11.9. The number of aromatic nitrogens is 2. The number of hydrogen-bond acceptors (Lipinski definition) is 7. The first-order chi connectivity index (χ1) is 10.5. The van der Waals surface area contributed by atoms with E-state index >= 15 is 0 Å². The lowest BCUT2D eigenvalue weighted by molar-refractivity contribution is -0.0686. The van der Waals surface area contributed by atoms with Crippen LogP contribution in [0.5, 0.6) is 0 Å². The van der Waals surface area contributed by atoms with Crippen LogP contribution in [0.25, 0.3) is 0 Å². The van der Waals surface area contributed by atoms with Gasteiger partial charge in [0.2, 0.25) is 0 Å². The number of ether oxygens (including phenoxy) is 3. The summed E-state index contributed by atoms with van der Waals surface area (Å²) in [4.78, 5) is 25.4. The van der Waals surface area contributed by atoms with Gasteiger partial charge in [0.05, 0.1) is 19.8 Å². The van der Waals surface area contributed by atoms with Crippen molar-refractivity contribution < 1.29 is 24.4 Å². The summed E-state index contributed by atoms with van der Waals surface area (Å²) in [5.74, 6) is 0. The Balaban J connectivity index is 2.24. The quantitative estimate of drug-likeness (QED) is 0.525. The molecule has 0 spiro atoms. The van der Waals surface area contributed by atoms with E-state index in [0.717, 1.165) is 4.57 Å². The first-order valence-corrected chi connectivity index (χ1v) is 6.86. The molecule has 2 rings (SSSR count). The number of nitrogens with zero attached hydrogens (tertiary/aromatic N) is 1. The molecule has 0 aromatic carbocycles. The third-order valence-electron chi connectivity index (χ3n) is 3.51. The first-order valence-electron chi connectivity index (χ1n) is 6.86. The summed E-state index contributed by atoms with van der Waals surface area (Å²) in [6.07, 6.45) is -2.49. The standard InChI is InChI=1S/C13H20N2O7/c1-7-5-15(13(19)14-11(7)18)12-9(17)10(8(6-16)22-12)21-4-3-20-2/h5,8-10,12,16-17H,3-4,6H2,1-2H3,(H,14,18,19)/t8-,9+,10?,12-/m1/s1. The zero-order chi connectivity index (χ0) is 16.3. The van der Waals surface area contributed by atoms with Gasteiger partial charge in [-0.2, -0.15) is 0 Å². The molecule has 0 aliphatic carbocycles. The molecule has 9 nitrogen and oxygen atoms in total. The van der Waals surface area contributed by atoms with Gasteiger partial charge in [0, 0.05) is 18.9 Å². The smallest absolute Gasteiger partial charge is 0.330 e. The Hall–Kier alpha value is -1.52. The Bertz CT molecular complexity index is 611. The van der Waals surface area contributed by atoms with Gasteiger partial charge in [-0.05, 0) is 6.92 Å². The van der Waals surface area contributed by atoms with Gasteiger partial charge < -0.3 is 24.4 Å². The summed E-state index contributed by atoms with van der Waals surface area (Å²) in [5.41, 5.74) is -0.895. The second-order valence-electron chi connectivity index (χ2n) is 5.05. The van der Waals surface area contributed by atoms with Crippen molar-refractivity contribution in [2.45, 2.75) is 31.5 Å². The SMILES string of the molecule is COCCOC1[C@@H](CO)O[C@@H](n2cc(C)c(=O)[nH]c2=O)[C@H]1O. The molecule has 3 N–H and O–H groups in total. The van der Waals surface area contributed by atoms with Crippen molar-refractivity contribution in [3.63, 3.8) is 0 Å². The maximum Gasteiger partial charge on any atom is 0.330 e. The van der Waals surface area contributed by atoms with Crippen LogP contribution in [0, 0.1) is 6.92 Å². The van der Waals surface area contributed by atoms with Gasteiger partial charge in [0.1, 0.15) is 18.3 Å². The van der Waals surface area contributed by atoms with Gasteiger partial charge in [-0.3, -0.25) is 14.3 Å². The van der Waals surface area contributed by atoms with E-state index in [1.54, 1.807) is 0 Å². The summed E-state index contributed by atoms with van der Waals surface area (Å²) in [7, 11) is 1.51. The summed E-state index contributed by atoms with van der Waals surface area (Å²) in [6.45, 7) is 1.70. The molecule has 4 atom stereocenters. The molecular weight excluding hydrogens is 296 g/mol. The average Bonchev–Trinajstić information content (AvgIpc) is 2.80. The van der Waals surface area contributed by atoms with Gasteiger partial charge in [-0.25, -0.2) is 4.79 Å². The van der Waals surface area contributed by atoms with Crippen molar-refractivity contribution in [2.24, 2.45) is 0 Å². The van der Waals surface area contributed by atoms with Gasteiger partial charge >= 0.3 is 5.69 Å². The highest BCUT2D eigenvalue weighted by atomic mass is 16.6. The second-order valence-corrected chi connectivity index (χ2v) is 5.05. The van der Waals surface area contributed by atoms with E-state index in [9.17, 15) is 19.8 Å². The lowest BCUT2D eigenvalue weighted by Crippen LogP contribution is -2.40. The predicted molar refractivity (Wildman–Crippen MR) is 74.7 cm³/mol. The Morgan fingerprint density at radius 3 is 2.77 bits per heavy atom. The Morgan fingerprint density at radius 2 is 2.14 bits per heavy atom. The van der Waals surface area contributed by atoms with Gasteiger partial charge in [0.25, 0.3) is 5.56 Å². The van der Waals surface area contributed by atoms with Crippen molar-refractivity contribution in [1.29, 1.82) is 0 Å². The molecule has 22 heavy (non-hydrogen) atoms. The van der Waals surface area contributed by atoms with E-state index in [-0.39, 0.29) is 13.2 Å². The zero-order valence-corrected chi connectivity index (χ0v) is 12.4. The molecule has 1 aliphatic heterocycles. The molecule has 1 aliphatic rings. The van der Waals surface area contributed by atoms with Gasteiger partial charge in [-0.15, -0.1) is 0 Å². The van der Waals surface area contributed by atoms with Crippen molar-refractivity contribution in [2.75, 3.05) is 26.9 Å². The van der Waals surface area contributed by atoms with Crippen molar-refractivity contribution in [3.8, 4) is 0 Å². The van der Waals surface area contributed by atoms with Crippen LogP contribution in [0.1, 0.15) is 11.8 Å². The van der Waals surface area contributed by atoms with E-state index < -0.39 is 35.8 Å². The Labute approximate surface area is 126 Å². The van der Waals surface area contributed by atoms with E-state index in [1.165, 1.54) is 20.2 Å². The summed E-state index contributed by atoms with van der Waals surface area (Å²) < 4.78 is 16.9. The molecule has 0 saturated carbocycles. The highest BCUT2D eigenvalue weighted by Crippen LogP contribution is 2.30. The molecule has 1 saturated heterocycles. The van der Waals surface area contributed by atoms with Crippen molar-refractivity contribution in [3.05, 3.63) is 32.6 Å². The van der Waals surface area contributed by atoms with Gasteiger partial charge in [-0.1, -0.05) is 0 Å². The lowest BCUT2D eigenvalue weighted by Gasteiger charge is -2.20. The first kappa shape index (κ1) is 16.8. The maximum absolute atomic E-state index is 11.9. The number of H-pyrrole nitrogens is 1. The number of nitrogens with one attached hydrogen (secondary N) is 1. The number of methoxy groups -OCH3 is 1. The monoisotopic (exact) mass is 316 g/mol. The molecule has 1 aromatic heterocycles. The highest BCUT2D eigenvalue weighted by Gasteiger charge is 2.45. The van der Waals surface area contributed by atoms with Crippen LogP contribution < -0.4 is 11.2 Å². The van der Waals surface area contributed by atoms with E-state index in [1.807, 2.05) is 0 Å². The summed E-state index contributed by atoms with van der Waals surface area (Å²) >= 11 is 0. The van der Waals surface area contributed by atoms with Crippen molar-refractivity contribution >= 4 is 0 Å². The third-order valence-corrected chi connectivity index (χ3v) is 3.51. The molecule has 2 heterocycles. The molecule has 124 valence electrons. The second kappa shape index (κ2) is 7.16. The molecule has 0 amide bonds. The molecule has 1 unspecified atom stereocenters. The van der Waals surface area contributed by atoms with Crippen LogP contribution in [-0.4, -0.2) is 65.0 Å². The number of aryl methyl sites for hydroxylation is 1. The topological polar surface area (TPSA) is 123 Å². The van der Waals surface area contributed by atoms with Crippen LogP contribution in [0.15, 0.2) is 15.8 Å². The summed E-state index contributed by atoms with van der Waals surface area (Å²) in [5, 5.41) is 19.7. The molecular formula is C13H20N2O7. The number of aromatic amines is 1. The fraction of sp³-hybridized carbons (Fsp3) is 0.692. The molecule has 1 fully saturated rings. The minimum absolute atomic E-state index is 0.213. The van der Waals surface area contributed by atoms with E-state index in [2.05, 4.69) is 4.98 Å². The molecule has 0 radical (unpaired) electrons. The average molecular weight is 316 g/mol. The fourth-order valence-corrected chi connectivity index (χ4v) is 2.34. The van der Waals surface area contributed by atoms with Crippen LogP contribution in [0.4, 0.5) is 0 Å². The van der Waals surface area contributed by atoms with Crippen molar-refractivity contribution in [1.82, 2.24) is 9.55 Å². The Morgan fingerprint density at radius 1 is 1.41 bits per heavy atom. The number of aliphatic hydroxyl groups excluding tert-OH is 2. The molecule has 9 heteroatoms. The number of aliphatic hydroxyl groups is 2. The van der Waals surface area contributed by atoms with Crippen LogP contribution in [-0.2, 0) is 14.2 Å². The summed E-state index contributed by atoms with van der Waals surface area (Å²) in [6, 6.07) is 0. The van der Waals surface area contributed by atoms with E-state index in [0.29, 0.717) is 12.2 Å². The highest BCUT2D eigenvalue weighted by molar-refractivity contribution is 5.03. The predicted octanol–water partition coefficient (Wildman–Crippen LogP) is -1.87. The largest absolute Gasteiger partial charge is 0.394 e. The Kier molecular flexibility index (Phi) is 5.48. The number of hydrogen-bond donors (Lipinski definition) is 3. The number of rotatable bonds is 6. The fourth-order valence-electron chi connectivity index (χ4n) is 2.34. The minimum atomic E-state index is -1.17. The van der Waals surface area contributed by atoms with Gasteiger partial charge in [0.15, 0.2) is 6.23 Å². The van der Waals surface area contributed by atoms with Crippen LogP contribution in [0.3, 0.4) is 0 Å². The third kappa shape index (κ3) is 3.28. The minimum Gasteiger partial charge on any atom is -0.394 e. The van der Waals surface area contributed by atoms with E-state index in [4.69, 9.17) is 14.2 Å². The normalized spacial score (nSPS) is 28.2. The van der Waals surface area contributed by atoms with Crippen LogP contribution in [0.2, 0.25) is 0 Å². The molecule has 0 bridgehead atoms. The van der Waals surface area contributed by atoms with Crippen LogP contribution >= 0.6 is 0 Å². The zero-order valence-electron chi connectivity index (χ0n) is 12.4. The molecule has 1 aromatic rings.